The first kappa shape index (κ1) is 18.3. The number of para-hydroxylation sites is 3. The fraction of sp³-hybridized carbons (Fsp3) is 0.118. The van der Waals surface area contributed by atoms with E-state index in [9.17, 15) is 14.9 Å². The highest BCUT2D eigenvalue weighted by Crippen LogP contribution is 2.23. The van der Waals surface area contributed by atoms with Crippen LogP contribution in [0.3, 0.4) is 0 Å². The van der Waals surface area contributed by atoms with Gasteiger partial charge in [-0.2, -0.15) is 0 Å². The van der Waals surface area contributed by atoms with Gasteiger partial charge >= 0.3 is 0 Å². The second-order valence-electron chi connectivity index (χ2n) is 5.34. The summed E-state index contributed by atoms with van der Waals surface area (Å²) in [6.45, 7) is -0.202. The average molecular weight is 386 g/mol. The Morgan fingerprint density at radius 1 is 1.22 bits per heavy atom. The summed E-state index contributed by atoms with van der Waals surface area (Å²) in [4.78, 5) is 22.6. The number of anilines is 1. The van der Waals surface area contributed by atoms with Gasteiger partial charge in [-0.15, -0.1) is 5.10 Å². The van der Waals surface area contributed by atoms with Gasteiger partial charge in [0.05, 0.1) is 4.92 Å². The van der Waals surface area contributed by atoms with Gasteiger partial charge in [-0.05, 0) is 30.4 Å². The smallest absolute Gasteiger partial charge is 0.292 e. The Bertz CT molecular complexity index is 1020. The predicted octanol–water partition coefficient (Wildman–Crippen LogP) is 3.33. The number of benzene rings is 2. The van der Waals surface area contributed by atoms with Gasteiger partial charge < -0.3 is 14.5 Å². The van der Waals surface area contributed by atoms with Crippen LogP contribution in [0.25, 0.3) is 0 Å². The quantitative estimate of drug-likeness (QED) is 0.376. The van der Waals surface area contributed by atoms with E-state index >= 15 is 0 Å². The van der Waals surface area contributed by atoms with Crippen molar-refractivity contribution in [2.45, 2.75) is 13.2 Å². The van der Waals surface area contributed by atoms with Crippen LogP contribution >= 0.6 is 12.2 Å². The maximum absolute atomic E-state index is 12.2. The van der Waals surface area contributed by atoms with Crippen LogP contribution in [0.2, 0.25) is 0 Å². The van der Waals surface area contributed by atoms with Gasteiger partial charge in [0.1, 0.15) is 18.0 Å². The molecule has 0 saturated heterocycles. The molecule has 1 aromatic heterocycles. The van der Waals surface area contributed by atoms with Crippen LogP contribution in [-0.4, -0.2) is 20.6 Å². The summed E-state index contributed by atoms with van der Waals surface area (Å²) >= 11 is 5.04. The Labute approximate surface area is 158 Å². The van der Waals surface area contributed by atoms with E-state index in [1.54, 1.807) is 18.2 Å². The van der Waals surface area contributed by atoms with Gasteiger partial charge in [-0.1, -0.05) is 30.3 Å². The minimum atomic E-state index is -0.573. The van der Waals surface area contributed by atoms with Gasteiger partial charge in [0.25, 0.3) is 16.4 Å². The molecule has 1 N–H and O–H groups in total. The van der Waals surface area contributed by atoms with E-state index in [1.807, 2.05) is 18.2 Å². The predicted molar refractivity (Wildman–Crippen MR) is 97.8 cm³/mol. The van der Waals surface area contributed by atoms with Gasteiger partial charge in [0.2, 0.25) is 5.91 Å². The maximum Gasteiger partial charge on any atom is 0.292 e. The third-order valence-electron chi connectivity index (χ3n) is 3.42. The molecule has 0 saturated carbocycles. The van der Waals surface area contributed by atoms with Crippen LogP contribution in [0.1, 0.15) is 5.89 Å². The lowest BCUT2D eigenvalue weighted by molar-refractivity contribution is -0.383. The summed E-state index contributed by atoms with van der Waals surface area (Å²) in [7, 11) is 0. The first-order valence-corrected chi connectivity index (χ1v) is 8.21. The highest BCUT2D eigenvalue weighted by Gasteiger charge is 2.16. The van der Waals surface area contributed by atoms with Crippen molar-refractivity contribution in [3.63, 3.8) is 0 Å². The van der Waals surface area contributed by atoms with Crippen molar-refractivity contribution >= 4 is 29.5 Å². The summed E-state index contributed by atoms with van der Waals surface area (Å²) in [6.07, 6.45) is 0. The molecule has 1 amide bonds. The first-order chi connectivity index (χ1) is 13.0. The molecule has 3 aromatic rings. The number of nitrogens with zero attached hydrogens (tertiary/aromatic N) is 3. The van der Waals surface area contributed by atoms with Crippen molar-refractivity contribution < 1.29 is 18.9 Å². The number of carbonyl (C=O) groups excluding carboxylic acids is 1. The van der Waals surface area contributed by atoms with Gasteiger partial charge in [-0.25, -0.2) is 4.68 Å². The topological polar surface area (TPSA) is 112 Å². The Morgan fingerprint density at radius 2 is 1.93 bits per heavy atom. The van der Waals surface area contributed by atoms with Crippen molar-refractivity contribution in [1.82, 2.24) is 9.78 Å². The number of aromatic nitrogens is 2. The highest BCUT2D eigenvalue weighted by atomic mass is 32.1. The minimum Gasteiger partial charge on any atom is -0.484 e. The van der Waals surface area contributed by atoms with Crippen LogP contribution in [0, 0.1) is 15.0 Å². The van der Waals surface area contributed by atoms with E-state index in [1.165, 1.54) is 22.9 Å². The van der Waals surface area contributed by atoms with Crippen LogP contribution in [0.5, 0.6) is 5.75 Å². The zero-order valence-electron chi connectivity index (χ0n) is 13.9. The molecule has 0 fully saturated rings. The van der Waals surface area contributed by atoms with E-state index in [4.69, 9.17) is 21.4 Å². The minimum absolute atomic E-state index is 0.000580. The van der Waals surface area contributed by atoms with Crippen LogP contribution in [0.4, 0.5) is 11.4 Å². The summed E-state index contributed by atoms with van der Waals surface area (Å²) in [5.41, 5.74) is -0.110. The van der Waals surface area contributed by atoms with Gasteiger partial charge in [0, 0.05) is 6.07 Å². The molecule has 27 heavy (non-hydrogen) atoms. The van der Waals surface area contributed by atoms with Crippen LogP contribution in [-0.2, 0) is 17.9 Å². The molecular weight excluding hydrogens is 372 g/mol. The Kier molecular flexibility index (Phi) is 5.57. The fourth-order valence-corrected chi connectivity index (χ4v) is 2.44. The van der Waals surface area contributed by atoms with Crippen LogP contribution < -0.4 is 10.1 Å². The van der Waals surface area contributed by atoms with Crippen molar-refractivity contribution in [3.05, 3.63) is 75.4 Å². The molecule has 0 atom stereocenters. The molecular formula is C17H14N4O5S. The summed E-state index contributed by atoms with van der Waals surface area (Å²) in [5, 5.41) is 17.6. The van der Waals surface area contributed by atoms with Crippen molar-refractivity contribution in [1.29, 1.82) is 0 Å². The number of hydrogen-bond donors (Lipinski definition) is 1. The molecule has 0 aliphatic heterocycles. The average Bonchev–Trinajstić information content (AvgIpc) is 3.00. The number of rotatable bonds is 7. The summed E-state index contributed by atoms with van der Waals surface area (Å²) < 4.78 is 12.0. The largest absolute Gasteiger partial charge is 0.484 e. The van der Waals surface area contributed by atoms with E-state index in [0.717, 1.165) is 0 Å². The Balaban J connectivity index is 1.64. The molecule has 10 heteroatoms. The molecule has 0 radical (unpaired) electrons. The molecule has 2 aromatic carbocycles. The maximum atomic E-state index is 12.2. The molecule has 0 unspecified atom stereocenters. The molecule has 3 rings (SSSR count). The number of carbonyl (C=O) groups is 1. The first-order valence-electron chi connectivity index (χ1n) is 7.81. The number of nitro benzene ring substituents is 1. The zero-order chi connectivity index (χ0) is 19.2. The van der Waals surface area contributed by atoms with Gasteiger partial charge in [-0.3, -0.25) is 14.9 Å². The molecule has 0 bridgehead atoms. The standard InChI is InChI=1S/C17H14N4O5S/c22-15(18-13-8-4-5-9-14(13)21(23)24)10-20-17(27)26-16(19-20)11-25-12-6-2-1-3-7-12/h1-9H,10-11H2,(H,18,22). The molecule has 0 aliphatic carbocycles. The number of nitro groups is 1. The van der Waals surface area contributed by atoms with E-state index in [-0.39, 0.29) is 35.3 Å². The fourth-order valence-electron chi connectivity index (χ4n) is 2.23. The zero-order valence-corrected chi connectivity index (χ0v) is 14.7. The summed E-state index contributed by atoms with van der Waals surface area (Å²) in [6, 6.07) is 14.9. The molecule has 0 aliphatic rings. The molecule has 9 nitrogen and oxygen atoms in total. The Hall–Kier alpha value is -3.53. The molecule has 1 heterocycles. The monoisotopic (exact) mass is 386 g/mol. The summed E-state index contributed by atoms with van der Waals surface area (Å²) in [5.74, 6) is 0.328. The highest BCUT2D eigenvalue weighted by molar-refractivity contribution is 7.71. The normalized spacial score (nSPS) is 10.4. The number of ether oxygens (including phenoxy) is 1. The van der Waals surface area contributed by atoms with Crippen molar-refractivity contribution in [2.75, 3.05) is 5.32 Å². The van der Waals surface area contributed by atoms with E-state index in [0.29, 0.717) is 5.75 Å². The third-order valence-corrected chi connectivity index (χ3v) is 3.72. The van der Waals surface area contributed by atoms with Gasteiger partial charge in [0.15, 0.2) is 6.61 Å². The second-order valence-corrected chi connectivity index (χ2v) is 5.69. The molecule has 138 valence electrons. The van der Waals surface area contributed by atoms with E-state index in [2.05, 4.69) is 10.4 Å². The SMILES string of the molecule is O=C(Cn1nc(COc2ccccc2)oc1=S)Nc1ccccc1[N+](=O)[O-]. The lowest BCUT2D eigenvalue weighted by Crippen LogP contribution is -2.20. The number of nitrogens with one attached hydrogen (secondary N) is 1. The van der Waals surface area contributed by atoms with Crippen molar-refractivity contribution in [2.24, 2.45) is 0 Å². The Morgan fingerprint density at radius 3 is 2.67 bits per heavy atom. The number of hydrogen-bond acceptors (Lipinski definition) is 7. The lowest BCUT2D eigenvalue weighted by atomic mass is 10.2. The van der Waals surface area contributed by atoms with E-state index < -0.39 is 10.8 Å². The third kappa shape index (κ3) is 4.76. The number of amides is 1. The lowest BCUT2D eigenvalue weighted by Gasteiger charge is -2.05. The van der Waals surface area contributed by atoms with Crippen molar-refractivity contribution in [3.8, 4) is 5.75 Å². The molecule has 0 spiro atoms. The second kappa shape index (κ2) is 8.23. The van der Waals surface area contributed by atoms with Crippen LogP contribution in [0.15, 0.2) is 59.0 Å².